The standard InChI is InChI=1S/C19H18N2O3/c1-23-16-9-2-3-10-17(16)24-13-12-21-19(22)15-8-4-6-14-7-5-11-20-18(14)15/h2-11H,12-13H2,1H3,(H,21,22). The molecule has 0 aliphatic rings. The van der Waals surface area contributed by atoms with Crippen molar-refractivity contribution in [2.75, 3.05) is 20.3 Å². The second-order valence-electron chi connectivity index (χ2n) is 5.14. The molecule has 5 nitrogen and oxygen atoms in total. The molecule has 0 bridgehead atoms. The van der Waals surface area contributed by atoms with Crippen molar-refractivity contribution in [3.8, 4) is 11.5 Å². The van der Waals surface area contributed by atoms with E-state index in [-0.39, 0.29) is 5.91 Å². The molecule has 3 aromatic rings. The molecule has 0 aliphatic heterocycles. The van der Waals surface area contributed by atoms with Gasteiger partial charge in [0.1, 0.15) is 6.61 Å². The molecule has 1 aromatic heterocycles. The Kier molecular flexibility index (Phi) is 4.91. The molecule has 1 amide bonds. The highest BCUT2D eigenvalue weighted by atomic mass is 16.5. The van der Waals surface area contributed by atoms with Gasteiger partial charge >= 0.3 is 0 Å². The molecular formula is C19H18N2O3. The first-order valence-corrected chi connectivity index (χ1v) is 7.67. The maximum atomic E-state index is 12.4. The van der Waals surface area contributed by atoms with Crippen molar-refractivity contribution in [3.05, 3.63) is 66.4 Å². The number of carbonyl (C=O) groups is 1. The summed E-state index contributed by atoms with van der Waals surface area (Å²) in [4.78, 5) is 16.7. The number of para-hydroxylation sites is 3. The number of methoxy groups -OCH3 is 1. The van der Waals surface area contributed by atoms with Crippen molar-refractivity contribution in [2.24, 2.45) is 0 Å². The Labute approximate surface area is 140 Å². The zero-order valence-electron chi connectivity index (χ0n) is 13.4. The highest BCUT2D eigenvalue weighted by Crippen LogP contribution is 2.25. The van der Waals surface area contributed by atoms with Crippen molar-refractivity contribution in [1.82, 2.24) is 10.3 Å². The minimum atomic E-state index is -0.164. The minimum absolute atomic E-state index is 0.164. The summed E-state index contributed by atoms with van der Waals surface area (Å²) in [6, 6.07) is 16.7. The van der Waals surface area contributed by atoms with E-state index in [0.717, 1.165) is 5.39 Å². The molecule has 0 saturated carbocycles. The van der Waals surface area contributed by atoms with Gasteiger partial charge in [-0.05, 0) is 24.3 Å². The highest BCUT2D eigenvalue weighted by molar-refractivity contribution is 6.05. The Morgan fingerprint density at radius 2 is 1.83 bits per heavy atom. The van der Waals surface area contributed by atoms with Gasteiger partial charge in [0.05, 0.1) is 24.7 Å². The molecule has 5 heteroatoms. The van der Waals surface area contributed by atoms with Crippen LogP contribution in [0, 0.1) is 0 Å². The zero-order chi connectivity index (χ0) is 16.8. The van der Waals surface area contributed by atoms with Gasteiger partial charge in [0.2, 0.25) is 0 Å². The SMILES string of the molecule is COc1ccccc1OCCNC(=O)c1cccc2cccnc12. The third-order valence-electron chi connectivity index (χ3n) is 3.59. The fraction of sp³-hybridized carbons (Fsp3) is 0.158. The average molecular weight is 322 g/mol. The van der Waals surface area contributed by atoms with E-state index in [1.165, 1.54) is 0 Å². The number of ether oxygens (including phenoxy) is 2. The molecule has 0 saturated heterocycles. The van der Waals surface area contributed by atoms with Gasteiger partial charge in [0.15, 0.2) is 11.5 Å². The van der Waals surface area contributed by atoms with E-state index in [1.54, 1.807) is 19.4 Å². The number of benzene rings is 2. The lowest BCUT2D eigenvalue weighted by Crippen LogP contribution is -2.28. The average Bonchev–Trinajstić information content (AvgIpc) is 2.65. The Bertz CT molecular complexity index is 843. The van der Waals surface area contributed by atoms with Crippen LogP contribution in [-0.2, 0) is 0 Å². The van der Waals surface area contributed by atoms with Crippen LogP contribution in [0.5, 0.6) is 11.5 Å². The van der Waals surface area contributed by atoms with Gasteiger partial charge in [-0.2, -0.15) is 0 Å². The zero-order valence-corrected chi connectivity index (χ0v) is 13.4. The molecule has 2 aromatic carbocycles. The van der Waals surface area contributed by atoms with Crippen molar-refractivity contribution < 1.29 is 14.3 Å². The van der Waals surface area contributed by atoms with Gasteiger partial charge in [0.25, 0.3) is 5.91 Å². The number of carbonyl (C=O) groups excluding carboxylic acids is 1. The Hall–Kier alpha value is -3.08. The fourth-order valence-electron chi connectivity index (χ4n) is 2.45. The highest BCUT2D eigenvalue weighted by Gasteiger charge is 2.10. The predicted molar refractivity (Wildman–Crippen MR) is 92.6 cm³/mol. The number of fused-ring (bicyclic) bond motifs is 1. The van der Waals surface area contributed by atoms with Crippen LogP contribution < -0.4 is 14.8 Å². The lowest BCUT2D eigenvalue weighted by molar-refractivity contribution is 0.0948. The third-order valence-corrected chi connectivity index (χ3v) is 3.59. The number of pyridine rings is 1. The van der Waals surface area contributed by atoms with E-state index in [1.807, 2.05) is 48.5 Å². The van der Waals surface area contributed by atoms with Gasteiger partial charge in [-0.15, -0.1) is 0 Å². The Morgan fingerprint density at radius 1 is 1.04 bits per heavy atom. The summed E-state index contributed by atoms with van der Waals surface area (Å²) in [5.41, 5.74) is 1.26. The summed E-state index contributed by atoms with van der Waals surface area (Å²) in [5, 5.41) is 3.79. The van der Waals surface area contributed by atoms with E-state index >= 15 is 0 Å². The summed E-state index contributed by atoms with van der Waals surface area (Å²) >= 11 is 0. The molecule has 3 rings (SSSR count). The van der Waals surface area contributed by atoms with Crippen LogP contribution in [0.15, 0.2) is 60.8 Å². The Balaban J connectivity index is 1.59. The van der Waals surface area contributed by atoms with Crippen LogP contribution in [0.2, 0.25) is 0 Å². The second kappa shape index (κ2) is 7.46. The van der Waals surface area contributed by atoms with Crippen LogP contribution in [-0.4, -0.2) is 31.2 Å². The van der Waals surface area contributed by atoms with Crippen LogP contribution in [0.1, 0.15) is 10.4 Å². The minimum Gasteiger partial charge on any atom is -0.493 e. The molecule has 0 aliphatic carbocycles. The maximum absolute atomic E-state index is 12.4. The topological polar surface area (TPSA) is 60.5 Å². The van der Waals surface area contributed by atoms with Crippen LogP contribution in [0.3, 0.4) is 0 Å². The summed E-state index contributed by atoms with van der Waals surface area (Å²) in [7, 11) is 1.59. The molecule has 24 heavy (non-hydrogen) atoms. The van der Waals surface area contributed by atoms with Crippen molar-refractivity contribution in [3.63, 3.8) is 0 Å². The van der Waals surface area contributed by atoms with E-state index in [2.05, 4.69) is 10.3 Å². The molecule has 0 unspecified atom stereocenters. The monoisotopic (exact) mass is 322 g/mol. The number of hydrogen-bond acceptors (Lipinski definition) is 4. The third kappa shape index (κ3) is 3.46. The smallest absolute Gasteiger partial charge is 0.253 e. The number of aromatic nitrogens is 1. The molecule has 0 radical (unpaired) electrons. The van der Waals surface area contributed by atoms with E-state index in [4.69, 9.17) is 9.47 Å². The number of rotatable bonds is 6. The van der Waals surface area contributed by atoms with Crippen LogP contribution >= 0.6 is 0 Å². The summed E-state index contributed by atoms with van der Waals surface area (Å²) < 4.78 is 10.9. The normalized spacial score (nSPS) is 10.4. The molecule has 1 N–H and O–H groups in total. The van der Waals surface area contributed by atoms with Gasteiger partial charge < -0.3 is 14.8 Å². The van der Waals surface area contributed by atoms with Crippen molar-refractivity contribution >= 4 is 16.8 Å². The fourth-order valence-corrected chi connectivity index (χ4v) is 2.45. The van der Waals surface area contributed by atoms with E-state index < -0.39 is 0 Å². The molecule has 1 heterocycles. The van der Waals surface area contributed by atoms with Crippen molar-refractivity contribution in [2.45, 2.75) is 0 Å². The number of nitrogens with zero attached hydrogens (tertiary/aromatic N) is 1. The maximum Gasteiger partial charge on any atom is 0.253 e. The molecular weight excluding hydrogens is 304 g/mol. The summed E-state index contributed by atoms with van der Waals surface area (Å²) in [6.07, 6.45) is 1.68. The van der Waals surface area contributed by atoms with Crippen LogP contribution in [0.4, 0.5) is 0 Å². The molecule has 0 fully saturated rings. The molecule has 0 spiro atoms. The lowest BCUT2D eigenvalue weighted by Gasteiger charge is -2.11. The first-order valence-electron chi connectivity index (χ1n) is 7.67. The van der Waals surface area contributed by atoms with Gasteiger partial charge in [-0.25, -0.2) is 0 Å². The van der Waals surface area contributed by atoms with Gasteiger partial charge in [0, 0.05) is 11.6 Å². The number of nitrogens with one attached hydrogen (secondary N) is 1. The quantitative estimate of drug-likeness (QED) is 0.709. The van der Waals surface area contributed by atoms with Crippen molar-refractivity contribution in [1.29, 1.82) is 0 Å². The number of amides is 1. The predicted octanol–water partition coefficient (Wildman–Crippen LogP) is 3.05. The van der Waals surface area contributed by atoms with Gasteiger partial charge in [-0.3, -0.25) is 9.78 Å². The van der Waals surface area contributed by atoms with E-state index in [0.29, 0.717) is 35.7 Å². The second-order valence-corrected chi connectivity index (χ2v) is 5.14. The summed E-state index contributed by atoms with van der Waals surface area (Å²) in [6.45, 7) is 0.740. The largest absolute Gasteiger partial charge is 0.493 e. The molecule has 122 valence electrons. The van der Waals surface area contributed by atoms with Crippen LogP contribution in [0.25, 0.3) is 10.9 Å². The Morgan fingerprint density at radius 3 is 2.67 bits per heavy atom. The summed E-state index contributed by atoms with van der Waals surface area (Å²) in [5.74, 6) is 1.16. The number of hydrogen-bond donors (Lipinski definition) is 1. The first kappa shape index (κ1) is 15.8. The molecule has 0 atom stereocenters. The first-order chi connectivity index (χ1) is 11.8. The van der Waals surface area contributed by atoms with E-state index in [9.17, 15) is 4.79 Å². The van der Waals surface area contributed by atoms with Gasteiger partial charge in [-0.1, -0.05) is 30.3 Å². The lowest BCUT2D eigenvalue weighted by atomic mass is 10.1.